The molecule has 1 N–H and O–H groups in total. The van der Waals surface area contributed by atoms with Crippen molar-refractivity contribution in [3.05, 3.63) is 52.5 Å². The van der Waals surface area contributed by atoms with Crippen LogP contribution in [0.15, 0.2) is 36.5 Å². The van der Waals surface area contributed by atoms with Crippen molar-refractivity contribution in [2.45, 2.75) is 19.3 Å². The number of carbonyl (C=O) groups is 2. The van der Waals surface area contributed by atoms with Crippen LogP contribution in [0.3, 0.4) is 0 Å². The number of rotatable bonds is 8. The van der Waals surface area contributed by atoms with Crippen LogP contribution in [0.2, 0.25) is 0 Å². The number of non-ortho nitro benzene ring substituents is 1. The number of hydrogen-bond acceptors (Lipinski definition) is 8. The molecule has 3 rings (SSSR count). The van der Waals surface area contributed by atoms with Gasteiger partial charge >= 0.3 is 5.97 Å². The summed E-state index contributed by atoms with van der Waals surface area (Å²) in [5.74, 6) is -1.84. The number of fused-ring (bicyclic) bond motifs is 1. The van der Waals surface area contributed by atoms with Crippen LogP contribution in [0.25, 0.3) is 5.65 Å². The fraction of sp³-hybridized carbons (Fsp3) is 0.222. The number of halogens is 1. The third-order valence-corrected chi connectivity index (χ3v) is 3.95. The van der Waals surface area contributed by atoms with Gasteiger partial charge in [-0.05, 0) is 12.5 Å². The number of methoxy groups -OCH3 is 1. The zero-order valence-corrected chi connectivity index (χ0v) is 15.7. The molecule has 1 amide bonds. The Hall–Kier alpha value is -4.09. The summed E-state index contributed by atoms with van der Waals surface area (Å²) in [6, 6.07) is 5.84. The first-order valence-corrected chi connectivity index (χ1v) is 8.70. The van der Waals surface area contributed by atoms with Gasteiger partial charge in [-0.2, -0.15) is 9.61 Å². The third kappa shape index (κ3) is 4.84. The average Bonchev–Trinajstić information content (AvgIpc) is 3.18. The SMILES string of the molecule is COC(=O)CCCC(=O)Nc1cc(Oc2ccc([N+](=O)[O-])cc2F)n2nccc2n1. The first-order chi connectivity index (χ1) is 14.4. The van der Waals surface area contributed by atoms with Crippen LogP contribution in [0.1, 0.15) is 19.3 Å². The molecule has 0 aliphatic heterocycles. The molecule has 0 radical (unpaired) electrons. The second-order valence-corrected chi connectivity index (χ2v) is 6.03. The van der Waals surface area contributed by atoms with E-state index in [1.54, 1.807) is 6.07 Å². The molecule has 0 aliphatic rings. The van der Waals surface area contributed by atoms with E-state index in [9.17, 15) is 24.1 Å². The summed E-state index contributed by atoms with van der Waals surface area (Å²) in [6.45, 7) is 0. The molecule has 0 bridgehead atoms. The summed E-state index contributed by atoms with van der Waals surface area (Å²) < 4.78 is 25.5. The first-order valence-electron chi connectivity index (χ1n) is 8.70. The van der Waals surface area contributed by atoms with Gasteiger partial charge in [0.2, 0.25) is 11.8 Å². The highest BCUT2D eigenvalue weighted by Crippen LogP contribution is 2.29. The van der Waals surface area contributed by atoms with Crippen LogP contribution in [0, 0.1) is 15.9 Å². The van der Waals surface area contributed by atoms with E-state index in [-0.39, 0.29) is 36.2 Å². The molecule has 0 saturated heterocycles. The Balaban J connectivity index is 1.79. The lowest BCUT2D eigenvalue weighted by atomic mass is 10.2. The minimum atomic E-state index is -0.935. The van der Waals surface area contributed by atoms with E-state index in [0.717, 1.165) is 18.2 Å². The summed E-state index contributed by atoms with van der Waals surface area (Å²) >= 11 is 0. The molecule has 12 heteroatoms. The maximum absolute atomic E-state index is 14.2. The number of anilines is 1. The predicted octanol–water partition coefficient (Wildman–Crippen LogP) is 2.85. The van der Waals surface area contributed by atoms with Gasteiger partial charge in [0.05, 0.1) is 24.3 Å². The number of aromatic nitrogens is 3. The van der Waals surface area contributed by atoms with E-state index in [0.29, 0.717) is 12.1 Å². The van der Waals surface area contributed by atoms with Crippen molar-refractivity contribution in [3.63, 3.8) is 0 Å². The lowest BCUT2D eigenvalue weighted by molar-refractivity contribution is -0.385. The number of nitro groups is 1. The van der Waals surface area contributed by atoms with Crippen molar-refractivity contribution < 1.29 is 28.4 Å². The summed E-state index contributed by atoms with van der Waals surface area (Å²) in [4.78, 5) is 37.4. The number of ether oxygens (including phenoxy) is 2. The largest absolute Gasteiger partial charge is 0.469 e. The minimum absolute atomic E-state index is 0.0302. The molecule has 2 aromatic heterocycles. The molecule has 30 heavy (non-hydrogen) atoms. The number of carbonyl (C=O) groups excluding carboxylic acids is 2. The maximum Gasteiger partial charge on any atom is 0.305 e. The molecular formula is C18H16FN5O6. The lowest BCUT2D eigenvalue weighted by Gasteiger charge is -2.11. The van der Waals surface area contributed by atoms with E-state index in [4.69, 9.17) is 4.74 Å². The Bertz CT molecular complexity index is 1120. The number of amides is 1. The number of nitrogens with one attached hydrogen (secondary N) is 1. The van der Waals surface area contributed by atoms with Gasteiger partial charge in [-0.3, -0.25) is 19.7 Å². The van der Waals surface area contributed by atoms with Crippen LogP contribution in [-0.2, 0) is 14.3 Å². The molecule has 156 valence electrons. The molecule has 3 aromatic rings. The highest BCUT2D eigenvalue weighted by atomic mass is 19.1. The first kappa shape index (κ1) is 20.6. The minimum Gasteiger partial charge on any atom is -0.469 e. The Morgan fingerprint density at radius 1 is 1.27 bits per heavy atom. The maximum atomic E-state index is 14.2. The third-order valence-electron chi connectivity index (χ3n) is 3.95. The van der Waals surface area contributed by atoms with E-state index >= 15 is 0 Å². The van der Waals surface area contributed by atoms with Gasteiger partial charge in [-0.15, -0.1) is 0 Å². The van der Waals surface area contributed by atoms with Crippen molar-refractivity contribution in [2.24, 2.45) is 0 Å². The Kier molecular flexibility index (Phi) is 6.15. The van der Waals surface area contributed by atoms with Gasteiger partial charge < -0.3 is 14.8 Å². The average molecular weight is 417 g/mol. The molecule has 0 atom stereocenters. The van der Waals surface area contributed by atoms with Gasteiger partial charge in [-0.25, -0.2) is 9.37 Å². The molecule has 0 aliphatic carbocycles. The molecule has 1 aromatic carbocycles. The summed E-state index contributed by atoms with van der Waals surface area (Å²) in [5.41, 5.74) is -0.0987. The number of nitrogens with zero attached hydrogens (tertiary/aromatic N) is 4. The molecule has 0 unspecified atom stereocenters. The van der Waals surface area contributed by atoms with E-state index in [1.165, 1.54) is 23.9 Å². The lowest BCUT2D eigenvalue weighted by Crippen LogP contribution is -2.14. The number of nitro benzene ring substituents is 1. The van der Waals surface area contributed by atoms with Gasteiger partial charge in [0.15, 0.2) is 17.2 Å². The van der Waals surface area contributed by atoms with E-state index in [1.807, 2.05) is 0 Å². The molecule has 11 nitrogen and oxygen atoms in total. The van der Waals surface area contributed by atoms with E-state index in [2.05, 4.69) is 20.1 Å². The molecule has 2 heterocycles. The normalized spacial score (nSPS) is 10.6. The molecule has 0 fully saturated rings. The van der Waals surface area contributed by atoms with Crippen molar-refractivity contribution in [1.82, 2.24) is 14.6 Å². The number of benzene rings is 1. The monoisotopic (exact) mass is 417 g/mol. The van der Waals surface area contributed by atoms with Gasteiger partial charge in [-0.1, -0.05) is 0 Å². The van der Waals surface area contributed by atoms with Crippen molar-refractivity contribution in [3.8, 4) is 11.6 Å². The van der Waals surface area contributed by atoms with Gasteiger partial charge in [0.1, 0.15) is 5.82 Å². The molecular weight excluding hydrogens is 401 g/mol. The predicted molar refractivity (Wildman–Crippen MR) is 101 cm³/mol. The summed E-state index contributed by atoms with van der Waals surface area (Å²) in [7, 11) is 1.27. The molecule has 0 saturated carbocycles. The van der Waals surface area contributed by atoms with Crippen molar-refractivity contribution >= 4 is 29.0 Å². The standard InChI is InChI=1S/C18H16FN5O6/c1-29-18(26)4-2-3-16(25)22-14-10-17(23-15(21-14)7-8-20-23)30-13-6-5-11(24(27)28)9-12(13)19/h5-10H,2-4H2,1H3,(H,21,22,25). The second kappa shape index (κ2) is 8.94. The zero-order valence-electron chi connectivity index (χ0n) is 15.7. The van der Waals surface area contributed by atoms with Crippen molar-refractivity contribution in [2.75, 3.05) is 12.4 Å². The van der Waals surface area contributed by atoms with Crippen LogP contribution in [-0.4, -0.2) is 38.5 Å². The zero-order chi connectivity index (χ0) is 21.7. The summed E-state index contributed by atoms with van der Waals surface area (Å²) in [5, 5.41) is 17.3. The second-order valence-electron chi connectivity index (χ2n) is 6.03. The van der Waals surface area contributed by atoms with Crippen LogP contribution in [0.5, 0.6) is 11.6 Å². The Morgan fingerprint density at radius 2 is 2.07 bits per heavy atom. The fourth-order valence-electron chi connectivity index (χ4n) is 2.52. The molecule has 0 spiro atoms. The number of hydrogen-bond donors (Lipinski definition) is 1. The van der Waals surface area contributed by atoms with Crippen LogP contribution >= 0.6 is 0 Å². The quantitative estimate of drug-likeness (QED) is 0.335. The smallest absolute Gasteiger partial charge is 0.305 e. The Labute approximate surface area is 168 Å². The fourth-order valence-corrected chi connectivity index (χ4v) is 2.52. The van der Waals surface area contributed by atoms with Gasteiger partial charge in [0, 0.05) is 31.0 Å². The topological polar surface area (TPSA) is 138 Å². The number of esters is 1. The van der Waals surface area contributed by atoms with Gasteiger partial charge in [0.25, 0.3) is 5.69 Å². The van der Waals surface area contributed by atoms with Crippen LogP contribution in [0.4, 0.5) is 15.9 Å². The summed E-state index contributed by atoms with van der Waals surface area (Å²) in [6.07, 6.45) is 1.90. The van der Waals surface area contributed by atoms with Crippen molar-refractivity contribution in [1.29, 1.82) is 0 Å². The van der Waals surface area contributed by atoms with Crippen LogP contribution < -0.4 is 10.1 Å². The Morgan fingerprint density at radius 3 is 2.77 bits per heavy atom. The highest BCUT2D eigenvalue weighted by Gasteiger charge is 2.16. The highest BCUT2D eigenvalue weighted by molar-refractivity contribution is 5.90. The van der Waals surface area contributed by atoms with E-state index < -0.39 is 22.4 Å².